The van der Waals surface area contributed by atoms with Crippen molar-refractivity contribution in [3.05, 3.63) is 36.8 Å². The van der Waals surface area contributed by atoms with E-state index in [2.05, 4.69) is 15.0 Å². The molecule has 5 rings (SSSR count). The van der Waals surface area contributed by atoms with E-state index in [1.54, 1.807) is 51.0 Å². The number of rotatable bonds is 9. The summed E-state index contributed by atoms with van der Waals surface area (Å²) in [5.41, 5.74) is 4.60. The number of esters is 1. The largest absolute Gasteiger partial charge is 0.487 e. The lowest BCUT2D eigenvalue weighted by Gasteiger charge is -2.24. The van der Waals surface area contributed by atoms with E-state index in [4.69, 9.17) is 24.5 Å². The lowest BCUT2D eigenvalue weighted by Crippen LogP contribution is -2.41. The topological polar surface area (TPSA) is 164 Å². The van der Waals surface area contributed by atoms with Gasteiger partial charge in [0.15, 0.2) is 29.0 Å². The van der Waals surface area contributed by atoms with Crippen LogP contribution in [0.3, 0.4) is 0 Å². The van der Waals surface area contributed by atoms with Crippen LogP contribution < -0.4 is 19.9 Å². The van der Waals surface area contributed by atoms with Crippen LogP contribution in [-0.2, 0) is 18.8 Å². The number of halogens is 1. The van der Waals surface area contributed by atoms with Gasteiger partial charge in [0.25, 0.3) is 7.37 Å². The molecule has 2 fully saturated rings. The minimum atomic E-state index is -3.60. The molecule has 2 aliphatic rings. The summed E-state index contributed by atoms with van der Waals surface area (Å²) in [6.45, 7) is 4.29. The lowest BCUT2D eigenvalue weighted by molar-refractivity contribution is -0.148. The molecule has 6 atom stereocenters. The van der Waals surface area contributed by atoms with E-state index in [0.29, 0.717) is 17.1 Å². The number of aliphatic hydroxyl groups is 1. The van der Waals surface area contributed by atoms with Crippen LogP contribution in [0.15, 0.2) is 36.8 Å². The molecule has 0 aliphatic carbocycles. The molecule has 0 spiro atoms. The van der Waals surface area contributed by atoms with Gasteiger partial charge in [-0.25, -0.2) is 19.2 Å². The first-order chi connectivity index (χ1) is 18.8. The smallest absolute Gasteiger partial charge is 0.338 e. The Bertz CT molecular complexity index is 1480. The number of ether oxygens (including phenoxy) is 3. The second kappa shape index (κ2) is 9.95. The SMILES string of the molecule is CC(C)OC(=O)[C@@]1(N)CP1(=O)Oc1ccccc1OCC1OC(n2cnc3cnc(N(C)C)nc32)C(C)(F)C1O. The molecular formula is C25H32FN6O7P. The van der Waals surface area contributed by atoms with Gasteiger partial charge in [0.05, 0.1) is 24.8 Å². The molecule has 0 radical (unpaired) electrons. The van der Waals surface area contributed by atoms with Gasteiger partial charge in [0.2, 0.25) is 11.2 Å². The fourth-order valence-electron chi connectivity index (χ4n) is 4.45. The van der Waals surface area contributed by atoms with E-state index in [1.807, 2.05) is 0 Å². The van der Waals surface area contributed by atoms with Crippen LogP contribution in [-0.4, -0.2) is 86.7 Å². The average molecular weight is 579 g/mol. The van der Waals surface area contributed by atoms with Gasteiger partial charge >= 0.3 is 5.97 Å². The molecule has 2 aliphatic heterocycles. The van der Waals surface area contributed by atoms with Crippen LogP contribution in [0.5, 0.6) is 11.5 Å². The summed E-state index contributed by atoms with van der Waals surface area (Å²) in [6.07, 6.45) is -1.61. The summed E-state index contributed by atoms with van der Waals surface area (Å²) >= 11 is 0. The molecule has 4 heterocycles. The molecule has 3 aromatic rings. The number of hydrogen-bond acceptors (Lipinski definition) is 12. The van der Waals surface area contributed by atoms with Crippen molar-refractivity contribution in [1.29, 1.82) is 0 Å². The van der Waals surface area contributed by atoms with Gasteiger partial charge in [-0.05, 0) is 32.9 Å². The van der Waals surface area contributed by atoms with E-state index in [0.717, 1.165) is 0 Å². The second-order valence-electron chi connectivity index (χ2n) is 10.6. The molecule has 2 saturated heterocycles. The number of aromatic nitrogens is 4. The number of imidazole rings is 1. The molecule has 3 N–H and O–H groups in total. The van der Waals surface area contributed by atoms with Crippen molar-refractivity contribution in [1.82, 2.24) is 19.5 Å². The van der Waals surface area contributed by atoms with Crippen molar-refractivity contribution in [3.63, 3.8) is 0 Å². The Kier molecular flexibility index (Phi) is 7.02. The Morgan fingerprint density at radius 2 is 2.02 bits per heavy atom. The zero-order chi connectivity index (χ0) is 29.0. The first-order valence-corrected chi connectivity index (χ1v) is 14.5. The van der Waals surface area contributed by atoms with Crippen LogP contribution in [0.1, 0.15) is 27.0 Å². The molecule has 40 heavy (non-hydrogen) atoms. The van der Waals surface area contributed by atoms with E-state index >= 15 is 4.39 Å². The predicted molar refractivity (Wildman–Crippen MR) is 142 cm³/mol. The quantitative estimate of drug-likeness (QED) is 0.282. The van der Waals surface area contributed by atoms with Gasteiger partial charge in [-0.15, -0.1) is 0 Å². The minimum absolute atomic E-state index is 0.0797. The van der Waals surface area contributed by atoms with Gasteiger partial charge in [-0.1, -0.05) is 12.1 Å². The molecule has 1 aromatic carbocycles. The highest BCUT2D eigenvalue weighted by Crippen LogP contribution is 2.73. The maximum Gasteiger partial charge on any atom is 0.338 e. The van der Waals surface area contributed by atoms with E-state index in [-0.39, 0.29) is 24.3 Å². The van der Waals surface area contributed by atoms with Crippen molar-refractivity contribution in [2.75, 3.05) is 31.8 Å². The number of para-hydroxylation sites is 2. The van der Waals surface area contributed by atoms with E-state index in [1.165, 1.54) is 30.1 Å². The highest BCUT2D eigenvalue weighted by Gasteiger charge is 2.73. The van der Waals surface area contributed by atoms with Gasteiger partial charge in [0.1, 0.15) is 24.3 Å². The third-order valence-electron chi connectivity index (χ3n) is 6.82. The number of benzene rings is 1. The summed E-state index contributed by atoms with van der Waals surface area (Å²) in [5.74, 6) is -0.162. The van der Waals surface area contributed by atoms with Crippen LogP contribution in [0, 0.1) is 0 Å². The van der Waals surface area contributed by atoms with Crippen molar-refractivity contribution in [2.45, 2.75) is 56.3 Å². The van der Waals surface area contributed by atoms with Gasteiger partial charge < -0.3 is 34.5 Å². The molecule has 0 amide bonds. The Morgan fingerprint density at radius 3 is 2.70 bits per heavy atom. The maximum absolute atomic E-state index is 15.9. The lowest BCUT2D eigenvalue weighted by atomic mass is 9.98. The number of nitrogens with two attached hydrogens (primary N) is 1. The molecule has 15 heteroatoms. The number of carbonyl (C=O) groups excluding carboxylic acids is 1. The Hall–Kier alpha value is -3.32. The van der Waals surface area contributed by atoms with Crippen molar-refractivity contribution >= 4 is 30.5 Å². The monoisotopic (exact) mass is 578 g/mol. The van der Waals surface area contributed by atoms with E-state index in [9.17, 15) is 14.5 Å². The maximum atomic E-state index is 15.9. The van der Waals surface area contributed by atoms with Crippen LogP contribution >= 0.6 is 7.37 Å². The van der Waals surface area contributed by atoms with Gasteiger partial charge in [-0.2, -0.15) is 4.98 Å². The Balaban J connectivity index is 1.31. The highest BCUT2D eigenvalue weighted by molar-refractivity contribution is 7.70. The highest BCUT2D eigenvalue weighted by atomic mass is 31.2. The molecule has 13 nitrogen and oxygen atoms in total. The zero-order valence-electron chi connectivity index (χ0n) is 22.7. The van der Waals surface area contributed by atoms with Crippen LogP contribution in [0.25, 0.3) is 11.2 Å². The summed E-state index contributed by atoms with van der Waals surface area (Å²) in [7, 11) is -0.0528. The second-order valence-corrected chi connectivity index (χ2v) is 13.3. The Labute approximate surface area is 229 Å². The summed E-state index contributed by atoms with van der Waals surface area (Å²) < 4.78 is 53.2. The fourth-order valence-corrected chi connectivity index (χ4v) is 6.51. The number of hydrogen-bond donors (Lipinski definition) is 2. The number of alkyl halides is 1. The first-order valence-electron chi connectivity index (χ1n) is 12.7. The predicted octanol–water partition coefficient (Wildman–Crippen LogP) is 2.23. The third kappa shape index (κ3) is 4.78. The van der Waals surface area contributed by atoms with Crippen LogP contribution in [0.2, 0.25) is 0 Å². The van der Waals surface area contributed by atoms with E-state index < -0.39 is 48.8 Å². The van der Waals surface area contributed by atoms with Gasteiger partial charge in [-0.3, -0.25) is 9.13 Å². The number of aliphatic hydroxyl groups excluding tert-OH is 1. The third-order valence-corrected chi connectivity index (χ3v) is 9.40. The first kappa shape index (κ1) is 28.2. The molecule has 0 saturated carbocycles. The molecule has 216 valence electrons. The Morgan fingerprint density at radius 1 is 1.32 bits per heavy atom. The number of anilines is 1. The number of carbonyl (C=O) groups is 1. The van der Waals surface area contributed by atoms with Gasteiger partial charge in [0, 0.05) is 14.1 Å². The summed E-state index contributed by atoms with van der Waals surface area (Å²) in [5, 5.41) is 9.11. The number of nitrogens with zero attached hydrogens (tertiary/aromatic N) is 5. The van der Waals surface area contributed by atoms with Crippen molar-refractivity contribution < 1.29 is 37.6 Å². The zero-order valence-corrected chi connectivity index (χ0v) is 23.6. The average Bonchev–Trinajstić information content (AvgIpc) is 3.14. The molecular weight excluding hydrogens is 546 g/mol. The van der Waals surface area contributed by atoms with Crippen LogP contribution in [0.4, 0.5) is 10.3 Å². The van der Waals surface area contributed by atoms with Crippen molar-refractivity contribution in [3.8, 4) is 11.5 Å². The summed E-state index contributed by atoms with van der Waals surface area (Å²) in [6, 6.07) is 6.34. The standard InChI is InChI=1S/C25H32FN6O7P/c1-14(2)37-22(34)25(27)12-40(25,35)39-17-9-7-6-8-16(17)36-11-18-19(33)24(3,26)21(38-18)32-13-29-15-10-28-23(31(4)5)30-20(15)32/h6-10,13-14,18-19,21,33H,11-12,27H2,1-5H3/t18?,19?,21?,24?,25-,40?/m1/s1. The summed E-state index contributed by atoms with van der Waals surface area (Å²) in [4.78, 5) is 27.0. The van der Waals surface area contributed by atoms with Crippen molar-refractivity contribution in [2.24, 2.45) is 5.73 Å². The normalized spacial score (nSPS) is 31.4. The fraction of sp³-hybridized carbons (Fsp3) is 0.520. The molecule has 2 aromatic heterocycles. The minimum Gasteiger partial charge on any atom is -0.487 e. The molecule has 0 bridgehead atoms. The molecule has 5 unspecified atom stereocenters. The number of fused-ring (bicyclic) bond motifs is 1.